The number of benzene rings is 1. The summed E-state index contributed by atoms with van der Waals surface area (Å²) in [5.41, 5.74) is 0. The summed E-state index contributed by atoms with van der Waals surface area (Å²) >= 11 is 1.75. The van der Waals surface area contributed by atoms with Crippen molar-refractivity contribution in [2.45, 2.75) is 23.8 Å². The lowest BCUT2D eigenvalue weighted by molar-refractivity contribution is -0.122. The molecular weight excluding hydrogens is 272 g/mol. The molecular formula is C15H22N2O2S. The molecule has 0 aromatic heterocycles. The number of piperidine rings is 1. The van der Waals surface area contributed by atoms with E-state index in [9.17, 15) is 9.90 Å². The van der Waals surface area contributed by atoms with Gasteiger partial charge in [-0.15, -0.1) is 11.8 Å². The summed E-state index contributed by atoms with van der Waals surface area (Å²) < 4.78 is 0. The molecule has 1 aliphatic heterocycles. The summed E-state index contributed by atoms with van der Waals surface area (Å²) in [6.07, 6.45) is 1.37. The van der Waals surface area contributed by atoms with Crippen molar-refractivity contribution in [1.29, 1.82) is 0 Å². The minimum Gasteiger partial charge on any atom is -0.393 e. The number of thioether (sulfide) groups is 1. The SMILES string of the molecule is O=C(CN1CCC(O)CC1)NCCSc1ccccc1. The van der Waals surface area contributed by atoms with Crippen LogP contribution in [0, 0.1) is 0 Å². The van der Waals surface area contributed by atoms with Crippen molar-refractivity contribution in [2.75, 3.05) is 31.9 Å². The van der Waals surface area contributed by atoms with Crippen LogP contribution in [0.2, 0.25) is 0 Å². The molecule has 1 aromatic rings. The lowest BCUT2D eigenvalue weighted by Crippen LogP contribution is -2.43. The number of rotatable bonds is 6. The molecule has 110 valence electrons. The summed E-state index contributed by atoms with van der Waals surface area (Å²) in [6, 6.07) is 10.2. The number of carbonyl (C=O) groups is 1. The standard InChI is InChI=1S/C15H22N2O2S/c18-13-6-9-17(10-7-13)12-15(19)16-8-11-20-14-4-2-1-3-5-14/h1-5,13,18H,6-12H2,(H,16,19). The Balaban J connectivity index is 1.56. The summed E-state index contributed by atoms with van der Waals surface area (Å²) in [4.78, 5) is 15.1. The van der Waals surface area contributed by atoms with Gasteiger partial charge in [-0.25, -0.2) is 0 Å². The van der Waals surface area contributed by atoms with Crippen molar-refractivity contribution < 1.29 is 9.90 Å². The maximum absolute atomic E-state index is 11.8. The van der Waals surface area contributed by atoms with Crippen molar-refractivity contribution in [3.63, 3.8) is 0 Å². The van der Waals surface area contributed by atoms with Crippen LogP contribution >= 0.6 is 11.8 Å². The minimum atomic E-state index is -0.184. The third kappa shape index (κ3) is 5.53. The molecule has 1 aliphatic rings. The van der Waals surface area contributed by atoms with Gasteiger partial charge >= 0.3 is 0 Å². The largest absolute Gasteiger partial charge is 0.393 e. The number of nitrogens with one attached hydrogen (secondary N) is 1. The second-order valence-electron chi connectivity index (χ2n) is 5.02. The smallest absolute Gasteiger partial charge is 0.234 e. The molecule has 2 N–H and O–H groups in total. The van der Waals surface area contributed by atoms with Gasteiger partial charge in [-0.2, -0.15) is 0 Å². The fourth-order valence-electron chi connectivity index (χ4n) is 2.21. The van der Waals surface area contributed by atoms with E-state index >= 15 is 0 Å². The average molecular weight is 294 g/mol. The lowest BCUT2D eigenvalue weighted by atomic mass is 10.1. The first-order chi connectivity index (χ1) is 9.74. The first-order valence-electron chi connectivity index (χ1n) is 7.09. The van der Waals surface area contributed by atoms with Crippen molar-refractivity contribution in [2.24, 2.45) is 0 Å². The highest BCUT2D eigenvalue weighted by molar-refractivity contribution is 7.99. The average Bonchev–Trinajstić information content (AvgIpc) is 2.47. The number of aliphatic hydroxyl groups is 1. The van der Waals surface area contributed by atoms with E-state index in [4.69, 9.17) is 0 Å². The Kier molecular flexibility index (Phi) is 6.36. The van der Waals surface area contributed by atoms with Crippen molar-refractivity contribution in [3.8, 4) is 0 Å². The third-order valence-electron chi connectivity index (χ3n) is 3.36. The van der Waals surface area contributed by atoms with E-state index in [1.165, 1.54) is 4.90 Å². The Morgan fingerprint density at radius 2 is 2.00 bits per heavy atom. The second kappa shape index (κ2) is 8.29. The number of aliphatic hydroxyl groups excluding tert-OH is 1. The Morgan fingerprint density at radius 3 is 2.70 bits per heavy atom. The van der Waals surface area contributed by atoms with Gasteiger partial charge in [-0.05, 0) is 25.0 Å². The Hall–Kier alpha value is -1.04. The number of hydrogen-bond acceptors (Lipinski definition) is 4. The van der Waals surface area contributed by atoms with Crippen LogP contribution < -0.4 is 5.32 Å². The van der Waals surface area contributed by atoms with Gasteiger partial charge in [0.25, 0.3) is 0 Å². The van der Waals surface area contributed by atoms with Crippen LogP contribution in [0.1, 0.15) is 12.8 Å². The van der Waals surface area contributed by atoms with Gasteiger partial charge in [0.2, 0.25) is 5.91 Å². The van der Waals surface area contributed by atoms with Crippen molar-refractivity contribution in [3.05, 3.63) is 30.3 Å². The molecule has 1 saturated heterocycles. The maximum Gasteiger partial charge on any atom is 0.234 e. The zero-order valence-corrected chi connectivity index (χ0v) is 12.4. The van der Waals surface area contributed by atoms with Crippen LogP contribution in [-0.2, 0) is 4.79 Å². The van der Waals surface area contributed by atoms with E-state index in [1.807, 2.05) is 18.2 Å². The predicted octanol–water partition coefficient (Wildman–Crippen LogP) is 1.35. The third-order valence-corrected chi connectivity index (χ3v) is 4.37. The molecule has 2 rings (SSSR count). The molecule has 1 amide bonds. The van der Waals surface area contributed by atoms with Crippen LogP contribution in [0.4, 0.5) is 0 Å². The molecule has 4 nitrogen and oxygen atoms in total. The van der Waals surface area contributed by atoms with E-state index in [1.54, 1.807) is 11.8 Å². The van der Waals surface area contributed by atoms with E-state index in [-0.39, 0.29) is 12.0 Å². The van der Waals surface area contributed by atoms with E-state index in [0.717, 1.165) is 31.7 Å². The zero-order chi connectivity index (χ0) is 14.2. The van der Waals surface area contributed by atoms with E-state index < -0.39 is 0 Å². The van der Waals surface area contributed by atoms with Crippen molar-refractivity contribution in [1.82, 2.24) is 10.2 Å². The van der Waals surface area contributed by atoms with Crippen LogP contribution in [-0.4, -0.2) is 53.9 Å². The quantitative estimate of drug-likeness (QED) is 0.614. The summed E-state index contributed by atoms with van der Waals surface area (Å²) in [7, 11) is 0. The van der Waals surface area contributed by atoms with Crippen LogP contribution in [0.15, 0.2) is 35.2 Å². The zero-order valence-electron chi connectivity index (χ0n) is 11.6. The van der Waals surface area contributed by atoms with Crippen LogP contribution in [0.5, 0.6) is 0 Å². The summed E-state index contributed by atoms with van der Waals surface area (Å²) in [5, 5.41) is 12.4. The molecule has 1 heterocycles. The van der Waals surface area contributed by atoms with E-state index in [0.29, 0.717) is 13.1 Å². The highest BCUT2D eigenvalue weighted by Gasteiger charge is 2.18. The molecule has 1 aromatic carbocycles. The van der Waals surface area contributed by atoms with Crippen LogP contribution in [0.25, 0.3) is 0 Å². The van der Waals surface area contributed by atoms with Gasteiger partial charge in [0.05, 0.1) is 12.6 Å². The van der Waals surface area contributed by atoms with E-state index in [2.05, 4.69) is 22.3 Å². The topological polar surface area (TPSA) is 52.6 Å². The highest BCUT2D eigenvalue weighted by Crippen LogP contribution is 2.15. The first-order valence-corrected chi connectivity index (χ1v) is 8.07. The molecule has 0 aliphatic carbocycles. The highest BCUT2D eigenvalue weighted by atomic mass is 32.2. The van der Waals surface area contributed by atoms with Crippen molar-refractivity contribution >= 4 is 17.7 Å². The fraction of sp³-hybridized carbons (Fsp3) is 0.533. The van der Waals surface area contributed by atoms with Gasteiger partial charge in [-0.1, -0.05) is 18.2 Å². The first kappa shape index (κ1) is 15.4. The number of nitrogens with zero attached hydrogens (tertiary/aromatic N) is 1. The molecule has 1 fully saturated rings. The number of amides is 1. The lowest BCUT2D eigenvalue weighted by Gasteiger charge is -2.28. The fourth-order valence-corrected chi connectivity index (χ4v) is 3.00. The second-order valence-corrected chi connectivity index (χ2v) is 6.19. The van der Waals surface area contributed by atoms with Gasteiger partial charge in [0, 0.05) is 30.3 Å². The number of likely N-dealkylation sites (tertiary alicyclic amines) is 1. The number of carbonyl (C=O) groups excluding carboxylic acids is 1. The van der Waals surface area contributed by atoms with Crippen LogP contribution in [0.3, 0.4) is 0 Å². The number of hydrogen-bond donors (Lipinski definition) is 2. The van der Waals surface area contributed by atoms with Gasteiger partial charge in [0.15, 0.2) is 0 Å². The summed E-state index contributed by atoms with van der Waals surface area (Å²) in [5.74, 6) is 0.962. The molecule has 0 saturated carbocycles. The molecule has 0 bridgehead atoms. The molecule has 0 unspecified atom stereocenters. The Morgan fingerprint density at radius 1 is 1.30 bits per heavy atom. The molecule has 0 atom stereocenters. The predicted molar refractivity (Wildman–Crippen MR) is 81.9 cm³/mol. The van der Waals surface area contributed by atoms with Gasteiger partial charge < -0.3 is 10.4 Å². The normalized spacial score (nSPS) is 17.1. The Labute approximate surface area is 124 Å². The molecule has 5 heteroatoms. The molecule has 0 radical (unpaired) electrons. The maximum atomic E-state index is 11.8. The molecule has 20 heavy (non-hydrogen) atoms. The Bertz CT molecular complexity index is 406. The van der Waals surface area contributed by atoms with Gasteiger partial charge in [0.1, 0.15) is 0 Å². The monoisotopic (exact) mass is 294 g/mol. The van der Waals surface area contributed by atoms with Gasteiger partial charge in [-0.3, -0.25) is 9.69 Å². The minimum absolute atomic E-state index is 0.0788. The molecule has 0 spiro atoms. The summed E-state index contributed by atoms with van der Waals surface area (Å²) in [6.45, 7) is 2.76.